The number of carbonyl (C=O) groups excluding carboxylic acids is 1. The van der Waals surface area contributed by atoms with E-state index in [4.69, 9.17) is 5.73 Å². The molecule has 0 aliphatic rings. The molecule has 62 valence electrons. The van der Waals surface area contributed by atoms with E-state index in [1.165, 1.54) is 13.0 Å². The molecule has 1 aromatic rings. The first-order valence-corrected chi connectivity index (χ1v) is 3.73. The van der Waals surface area contributed by atoms with Crippen LogP contribution < -0.4 is 5.73 Å². The number of allylic oxidation sites excluding steroid dienone is 1. The molecular formula is C10H11NO. The van der Waals surface area contributed by atoms with Gasteiger partial charge in [-0.05, 0) is 12.5 Å². The first-order chi connectivity index (χ1) is 5.70. The van der Waals surface area contributed by atoms with Gasteiger partial charge in [0, 0.05) is 11.8 Å². The summed E-state index contributed by atoms with van der Waals surface area (Å²) in [7, 11) is 0. The van der Waals surface area contributed by atoms with Gasteiger partial charge in [-0.2, -0.15) is 0 Å². The van der Waals surface area contributed by atoms with E-state index in [9.17, 15) is 4.79 Å². The van der Waals surface area contributed by atoms with E-state index in [0.29, 0.717) is 5.70 Å². The molecular weight excluding hydrogens is 150 g/mol. The van der Waals surface area contributed by atoms with Crippen LogP contribution >= 0.6 is 0 Å². The van der Waals surface area contributed by atoms with Gasteiger partial charge in [0.1, 0.15) is 0 Å². The van der Waals surface area contributed by atoms with E-state index in [1.807, 2.05) is 30.3 Å². The van der Waals surface area contributed by atoms with Crippen molar-refractivity contribution in [2.75, 3.05) is 0 Å². The summed E-state index contributed by atoms with van der Waals surface area (Å²) in [5.41, 5.74) is 7.04. The molecule has 12 heavy (non-hydrogen) atoms. The Morgan fingerprint density at radius 2 is 1.92 bits per heavy atom. The summed E-state index contributed by atoms with van der Waals surface area (Å²) in [4.78, 5) is 10.7. The third-order valence-corrected chi connectivity index (χ3v) is 1.47. The summed E-state index contributed by atoms with van der Waals surface area (Å²) >= 11 is 0. The molecule has 0 unspecified atom stereocenters. The number of benzene rings is 1. The number of ketones is 1. The van der Waals surface area contributed by atoms with Gasteiger partial charge in [-0.15, -0.1) is 0 Å². The summed E-state index contributed by atoms with van der Waals surface area (Å²) in [5.74, 6) is -0.0312. The van der Waals surface area contributed by atoms with Crippen LogP contribution in [0.1, 0.15) is 12.5 Å². The largest absolute Gasteiger partial charge is 0.398 e. The molecule has 0 saturated heterocycles. The minimum absolute atomic E-state index is 0.0312. The second kappa shape index (κ2) is 3.72. The van der Waals surface area contributed by atoms with Crippen LogP contribution in [0.15, 0.2) is 36.4 Å². The molecule has 0 aliphatic heterocycles. The van der Waals surface area contributed by atoms with Crippen LogP contribution in [-0.4, -0.2) is 5.78 Å². The second-order valence-electron chi connectivity index (χ2n) is 2.58. The quantitative estimate of drug-likeness (QED) is 0.669. The average Bonchev–Trinajstić information content (AvgIpc) is 2.05. The lowest BCUT2D eigenvalue weighted by Crippen LogP contribution is -1.98. The summed E-state index contributed by atoms with van der Waals surface area (Å²) in [6.07, 6.45) is 1.43. The van der Waals surface area contributed by atoms with Gasteiger partial charge in [-0.1, -0.05) is 30.3 Å². The monoisotopic (exact) mass is 161 g/mol. The van der Waals surface area contributed by atoms with Crippen LogP contribution in [0.25, 0.3) is 5.70 Å². The zero-order valence-corrected chi connectivity index (χ0v) is 6.95. The lowest BCUT2D eigenvalue weighted by Gasteiger charge is -1.98. The maximum absolute atomic E-state index is 10.7. The van der Waals surface area contributed by atoms with Crippen molar-refractivity contribution in [2.24, 2.45) is 5.73 Å². The maximum atomic E-state index is 10.7. The SMILES string of the molecule is CC(=O)/C=C(/N)c1ccccc1. The van der Waals surface area contributed by atoms with E-state index in [0.717, 1.165) is 5.56 Å². The topological polar surface area (TPSA) is 43.1 Å². The first kappa shape index (κ1) is 8.53. The Kier molecular flexibility index (Phi) is 2.64. The molecule has 1 rings (SSSR count). The molecule has 1 aromatic carbocycles. The zero-order valence-electron chi connectivity index (χ0n) is 6.95. The Morgan fingerprint density at radius 1 is 1.33 bits per heavy atom. The highest BCUT2D eigenvalue weighted by molar-refractivity contribution is 5.94. The van der Waals surface area contributed by atoms with Gasteiger partial charge in [0.05, 0.1) is 0 Å². The van der Waals surface area contributed by atoms with Crippen LogP contribution in [0.4, 0.5) is 0 Å². The molecule has 0 atom stereocenters. The molecule has 0 heterocycles. The molecule has 0 spiro atoms. The normalized spacial score (nSPS) is 11.2. The Morgan fingerprint density at radius 3 is 2.42 bits per heavy atom. The lowest BCUT2D eigenvalue weighted by molar-refractivity contribution is -0.112. The molecule has 2 N–H and O–H groups in total. The third kappa shape index (κ3) is 2.23. The van der Waals surface area contributed by atoms with Crippen LogP contribution in [0.2, 0.25) is 0 Å². The van der Waals surface area contributed by atoms with Gasteiger partial charge in [0.15, 0.2) is 5.78 Å². The molecule has 0 radical (unpaired) electrons. The van der Waals surface area contributed by atoms with Gasteiger partial charge >= 0.3 is 0 Å². The molecule has 2 heteroatoms. The number of carbonyl (C=O) groups is 1. The minimum Gasteiger partial charge on any atom is -0.398 e. The van der Waals surface area contributed by atoms with Crippen LogP contribution in [0, 0.1) is 0 Å². The van der Waals surface area contributed by atoms with Crippen LogP contribution in [0.5, 0.6) is 0 Å². The zero-order chi connectivity index (χ0) is 8.97. The highest BCUT2D eigenvalue weighted by Crippen LogP contribution is 2.06. The van der Waals surface area contributed by atoms with Crippen molar-refractivity contribution in [3.05, 3.63) is 42.0 Å². The van der Waals surface area contributed by atoms with Gasteiger partial charge < -0.3 is 5.73 Å². The Labute approximate surface area is 71.7 Å². The van der Waals surface area contributed by atoms with Crippen molar-refractivity contribution < 1.29 is 4.79 Å². The van der Waals surface area contributed by atoms with E-state index in [-0.39, 0.29) is 5.78 Å². The Hall–Kier alpha value is -1.57. The maximum Gasteiger partial charge on any atom is 0.154 e. The lowest BCUT2D eigenvalue weighted by atomic mass is 10.1. The summed E-state index contributed by atoms with van der Waals surface area (Å²) in [5, 5.41) is 0. The van der Waals surface area contributed by atoms with E-state index >= 15 is 0 Å². The molecule has 0 fully saturated rings. The number of hydrogen-bond donors (Lipinski definition) is 1. The average molecular weight is 161 g/mol. The highest BCUT2D eigenvalue weighted by atomic mass is 16.1. The van der Waals surface area contributed by atoms with E-state index in [1.54, 1.807) is 0 Å². The second-order valence-corrected chi connectivity index (χ2v) is 2.58. The molecule has 0 amide bonds. The summed E-state index contributed by atoms with van der Waals surface area (Å²) < 4.78 is 0. The Balaban J connectivity index is 2.93. The standard InChI is InChI=1S/C10H11NO/c1-8(12)7-10(11)9-5-3-2-4-6-9/h2-7H,11H2,1H3/b10-7+. The summed E-state index contributed by atoms with van der Waals surface area (Å²) in [6.45, 7) is 1.48. The van der Waals surface area contributed by atoms with E-state index < -0.39 is 0 Å². The van der Waals surface area contributed by atoms with Crippen molar-refractivity contribution in [1.82, 2.24) is 0 Å². The third-order valence-electron chi connectivity index (χ3n) is 1.47. The Bertz CT molecular complexity index is 301. The van der Waals surface area contributed by atoms with Crippen molar-refractivity contribution >= 4 is 11.5 Å². The highest BCUT2D eigenvalue weighted by Gasteiger charge is 1.94. The molecule has 0 aliphatic carbocycles. The van der Waals surface area contributed by atoms with Crippen LogP contribution in [-0.2, 0) is 4.79 Å². The van der Waals surface area contributed by atoms with Crippen LogP contribution in [0.3, 0.4) is 0 Å². The van der Waals surface area contributed by atoms with Gasteiger partial charge in [-0.25, -0.2) is 0 Å². The smallest absolute Gasteiger partial charge is 0.154 e. The fourth-order valence-electron chi connectivity index (χ4n) is 0.933. The van der Waals surface area contributed by atoms with Crippen molar-refractivity contribution in [2.45, 2.75) is 6.92 Å². The predicted molar refractivity (Wildman–Crippen MR) is 49.3 cm³/mol. The number of rotatable bonds is 2. The van der Waals surface area contributed by atoms with Gasteiger partial charge in [0.25, 0.3) is 0 Å². The molecule has 0 aromatic heterocycles. The molecule has 0 bridgehead atoms. The fourth-order valence-corrected chi connectivity index (χ4v) is 0.933. The van der Waals surface area contributed by atoms with Crippen molar-refractivity contribution in [3.8, 4) is 0 Å². The molecule has 0 saturated carbocycles. The summed E-state index contributed by atoms with van der Waals surface area (Å²) in [6, 6.07) is 9.42. The number of nitrogens with two attached hydrogens (primary N) is 1. The van der Waals surface area contributed by atoms with Gasteiger partial charge in [0.2, 0.25) is 0 Å². The molecule has 2 nitrogen and oxygen atoms in total. The van der Waals surface area contributed by atoms with E-state index in [2.05, 4.69) is 0 Å². The van der Waals surface area contributed by atoms with Crippen molar-refractivity contribution in [1.29, 1.82) is 0 Å². The fraction of sp³-hybridized carbons (Fsp3) is 0.100. The van der Waals surface area contributed by atoms with Gasteiger partial charge in [-0.3, -0.25) is 4.79 Å². The number of hydrogen-bond acceptors (Lipinski definition) is 2. The minimum atomic E-state index is -0.0312. The first-order valence-electron chi connectivity index (χ1n) is 3.73. The van der Waals surface area contributed by atoms with Crippen molar-refractivity contribution in [3.63, 3.8) is 0 Å². The predicted octanol–water partition coefficient (Wildman–Crippen LogP) is 1.58.